The van der Waals surface area contributed by atoms with Crippen LogP contribution in [-0.4, -0.2) is 47.2 Å². The molecule has 1 saturated heterocycles. The molecule has 0 aliphatic carbocycles. The van der Waals surface area contributed by atoms with Crippen LogP contribution < -0.4 is 10.6 Å². The van der Waals surface area contributed by atoms with Crippen LogP contribution in [0.2, 0.25) is 0 Å². The third-order valence-electron chi connectivity index (χ3n) is 4.42. The van der Waals surface area contributed by atoms with Crippen LogP contribution in [0, 0.1) is 0 Å². The second-order valence-electron chi connectivity index (χ2n) is 6.33. The lowest BCUT2D eigenvalue weighted by Crippen LogP contribution is -2.39. The van der Waals surface area contributed by atoms with Gasteiger partial charge >= 0.3 is 0 Å². The molecule has 2 heterocycles. The van der Waals surface area contributed by atoms with Gasteiger partial charge in [-0.1, -0.05) is 12.1 Å². The van der Waals surface area contributed by atoms with Crippen LogP contribution in [0.15, 0.2) is 42.6 Å². The molecule has 0 radical (unpaired) electrons. The van der Waals surface area contributed by atoms with Gasteiger partial charge in [0.15, 0.2) is 5.82 Å². The Morgan fingerprint density at radius 2 is 2.25 bits per heavy atom. The lowest BCUT2D eigenvalue weighted by Gasteiger charge is -2.29. The van der Waals surface area contributed by atoms with Crippen molar-refractivity contribution in [3.63, 3.8) is 0 Å². The third-order valence-corrected chi connectivity index (χ3v) is 4.42. The molecule has 1 fully saturated rings. The van der Waals surface area contributed by atoms with Gasteiger partial charge in [-0.3, -0.25) is 4.79 Å². The number of nitrogens with two attached hydrogens (primary N) is 1. The Kier molecular flexibility index (Phi) is 5.05. The molecule has 0 spiro atoms. The number of carbonyl (C=O) groups excluding carboxylic acids is 1. The smallest absolute Gasteiger partial charge is 0.248 e. The van der Waals surface area contributed by atoms with Crippen molar-refractivity contribution in [2.75, 3.05) is 25.0 Å². The summed E-state index contributed by atoms with van der Waals surface area (Å²) in [6.45, 7) is 2.75. The summed E-state index contributed by atoms with van der Waals surface area (Å²) in [4.78, 5) is 15.9. The maximum absolute atomic E-state index is 11.3. The summed E-state index contributed by atoms with van der Waals surface area (Å²) in [7, 11) is 2.10. The van der Waals surface area contributed by atoms with Crippen LogP contribution in [0.4, 0.5) is 5.82 Å². The summed E-state index contributed by atoms with van der Waals surface area (Å²) < 4.78 is 0. The molecule has 3 rings (SSSR count). The highest BCUT2D eigenvalue weighted by Crippen LogP contribution is 2.23. The average molecular weight is 325 g/mol. The highest BCUT2D eigenvalue weighted by atomic mass is 16.1. The Balaban J connectivity index is 1.63. The predicted octanol–water partition coefficient (Wildman–Crippen LogP) is 1.68. The number of likely N-dealkylation sites (N-methyl/N-ethyl adjacent to an activating group) is 1. The van der Waals surface area contributed by atoms with Gasteiger partial charge in [0.1, 0.15) is 0 Å². The van der Waals surface area contributed by atoms with Gasteiger partial charge in [-0.15, -0.1) is 5.10 Å². The van der Waals surface area contributed by atoms with Crippen molar-refractivity contribution in [2.45, 2.75) is 25.4 Å². The molecule has 6 nitrogen and oxygen atoms in total. The number of hydrogen-bond donors (Lipinski definition) is 1. The zero-order valence-corrected chi connectivity index (χ0v) is 13.9. The fourth-order valence-corrected chi connectivity index (χ4v) is 3.33. The SMILES string of the molecule is CN(Cc1cccc(C(N)=O)c1)C[C@H]1CCCN1c1cccnn1. The number of carbonyl (C=O) groups is 1. The highest BCUT2D eigenvalue weighted by Gasteiger charge is 2.26. The van der Waals surface area contributed by atoms with Crippen LogP contribution in [0.3, 0.4) is 0 Å². The number of aromatic nitrogens is 2. The van der Waals surface area contributed by atoms with Crippen molar-refractivity contribution in [2.24, 2.45) is 5.73 Å². The molecule has 126 valence electrons. The first-order chi connectivity index (χ1) is 11.6. The summed E-state index contributed by atoms with van der Waals surface area (Å²) >= 11 is 0. The minimum absolute atomic E-state index is 0.385. The van der Waals surface area contributed by atoms with Gasteiger partial charge in [0, 0.05) is 37.4 Å². The summed E-state index contributed by atoms with van der Waals surface area (Å²) in [5, 5.41) is 8.23. The Bertz CT molecular complexity index is 691. The normalized spacial score (nSPS) is 17.4. The molecule has 1 aliphatic rings. The zero-order chi connectivity index (χ0) is 16.9. The van der Waals surface area contributed by atoms with Crippen molar-refractivity contribution in [1.29, 1.82) is 0 Å². The topological polar surface area (TPSA) is 75.3 Å². The minimum atomic E-state index is -0.385. The first-order valence-electron chi connectivity index (χ1n) is 8.25. The number of rotatable bonds is 6. The van der Waals surface area contributed by atoms with Crippen molar-refractivity contribution >= 4 is 11.7 Å². The third kappa shape index (κ3) is 3.89. The van der Waals surface area contributed by atoms with E-state index < -0.39 is 0 Å². The summed E-state index contributed by atoms with van der Waals surface area (Å²) in [6, 6.07) is 11.9. The molecule has 1 aromatic heterocycles. The molecule has 1 aromatic carbocycles. The van der Waals surface area contributed by atoms with E-state index in [1.54, 1.807) is 12.3 Å². The Morgan fingerprint density at radius 3 is 3.00 bits per heavy atom. The van der Waals surface area contributed by atoms with E-state index in [1.165, 1.54) is 6.42 Å². The fraction of sp³-hybridized carbons (Fsp3) is 0.389. The second-order valence-corrected chi connectivity index (χ2v) is 6.33. The number of benzene rings is 1. The first-order valence-corrected chi connectivity index (χ1v) is 8.25. The van der Waals surface area contributed by atoms with E-state index in [0.717, 1.165) is 37.4 Å². The van der Waals surface area contributed by atoms with Crippen molar-refractivity contribution in [3.05, 3.63) is 53.7 Å². The molecule has 2 N–H and O–H groups in total. The molecule has 1 aliphatic heterocycles. The van der Waals surface area contributed by atoms with E-state index in [4.69, 9.17) is 5.73 Å². The molecule has 0 saturated carbocycles. The van der Waals surface area contributed by atoms with Gasteiger partial charge in [-0.25, -0.2) is 0 Å². The molecule has 1 atom stereocenters. The number of amides is 1. The van der Waals surface area contributed by atoms with Crippen LogP contribution in [0.5, 0.6) is 0 Å². The van der Waals surface area contributed by atoms with Gasteiger partial charge in [0.2, 0.25) is 5.91 Å². The van der Waals surface area contributed by atoms with E-state index in [1.807, 2.05) is 30.3 Å². The van der Waals surface area contributed by atoms with Gasteiger partial charge in [-0.2, -0.15) is 5.10 Å². The zero-order valence-electron chi connectivity index (χ0n) is 13.9. The van der Waals surface area contributed by atoms with E-state index in [9.17, 15) is 4.79 Å². The van der Waals surface area contributed by atoms with Crippen molar-refractivity contribution < 1.29 is 4.79 Å². The minimum Gasteiger partial charge on any atom is -0.366 e. The maximum atomic E-state index is 11.3. The van der Waals surface area contributed by atoms with E-state index >= 15 is 0 Å². The van der Waals surface area contributed by atoms with Gasteiger partial charge in [-0.05, 0) is 49.7 Å². The second kappa shape index (κ2) is 7.40. The van der Waals surface area contributed by atoms with Gasteiger partial charge < -0.3 is 15.5 Å². The van der Waals surface area contributed by atoms with Crippen LogP contribution >= 0.6 is 0 Å². The molecule has 24 heavy (non-hydrogen) atoms. The van der Waals surface area contributed by atoms with E-state index in [-0.39, 0.29) is 5.91 Å². The van der Waals surface area contributed by atoms with Crippen LogP contribution in [-0.2, 0) is 6.54 Å². The monoisotopic (exact) mass is 325 g/mol. The number of primary amides is 1. The number of anilines is 1. The Morgan fingerprint density at radius 1 is 1.38 bits per heavy atom. The maximum Gasteiger partial charge on any atom is 0.248 e. The van der Waals surface area contributed by atoms with Gasteiger partial charge in [0.05, 0.1) is 0 Å². The lowest BCUT2D eigenvalue weighted by atomic mass is 10.1. The van der Waals surface area contributed by atoms with Gasteiger partial charge in [0.25, 0.3) is 0 Å². The van der Waals surface area contributed by atoms with Crippen molar-refractivity contribution in [1.82, 2.24) is 15.1 Å². The summed E-state index contributed by atoms with van der Waals surface area (Å²) in [5.41, 5.74) is 7.01. The Labute approximate surface area is 142 Å². The summed E-state index contributed by atoms with van der Waals surface area (Å²) in [6.07, 6.45) is 4.03. The molecular weight excluding hydrogens is 302 g/mol. The lowest BCUT2D eigenvalue weighted by molar-refractivity contribution is 0.1000. The van der Waals surface area contributed by atoms with Crippen molar-refractivity contribution in [3.8, 4) is 0 Å². The molecule has 6 heteroatoms. The standard InChI is InChI=1S/C18H23N5O/c1-22(12-14-5-2-6-15(11-14)18(19)24)13-16-7-4-10-23(16)17-8-3-9-20-21-17/h2-3,5-6,8-9,11,16H,4,7,10,12-13H2,1H3,(H2,19,24)/t16-/m1/s1. The van der Waals surface area contributed by atoms with Crippen LogP contribution in [0.25, 0.3) is 0 Å². The van der Waals surface area contributed by atoms with Crippen LogP contribution in [0.1, 0.15) is 28.8 Å². The predicted molar refractivity (Wildman–Crippen MR) is 93.7 cm³/mol. The molecular formula is C18H23N5O. The molecule has 1 amide bonds. The largest absolute Gasteiger partial charge is 0.366 e. The molecule has 2 aromatic rings. The first kappa shape index (κ1) is 16.4. The fourth-order valence-electron chi connectivity index (χ4n) is 3.33. The Hall–Kier alpha value is -2.47. The van der Waals surface area contributed by atoms with E-state index in [0.29, 0.717) is 11.6 Å². The molecule has 0 unspecified atom stereocenters. The summed E-state index contributed by atoms with van der Waals surface area (Å²) in [5.74, 6) is 0.563. The highest BCUT2D eigenvalue weighted by molar-refractivity contribution is 5.92. The quantitative estimate of drug-likeness (QED) is 0.874. The average Bonchev–Trinajstić information content (AvgIpc) is 3.03. The number of nitrogens with zero attached hydrogens (tertiary/aromatic N) is 4. The van der Waals surface area contributed by atoms with E-state index in [2.05, 4.69) is 27.0 Å². The molecule has 0 bridgehead atoms. The number of hydrogen-bond acceptors (Lipinski definition) is 5.